The molecule has 22 heavy (non-hydrogen) atoms. The van der Waals surface area contributed by atoms with E-state index in [-0.39, 0.29) is 23.1 Å². The molecular formula is C17H15ClF2O2. The number of rotatable bonds is 4. The van der Waals surface area contributed by atoms with Crippen LogP contribution in [0.3, 0.4) is 0 Å². The second kappa shape index (κ2) is 5.86. The van der Waals surface area contributed by atoms with Crippen molar-refractivity contribution >= 4 is 11.6 Å². The van der Waals surface area contributed by atoms with E-state index in [1.807, 2.05) is 0 Å². The molecular weight excluding hydrogens is 310 g/mol. The normalized spacial score (nSPS) is 14.2. The van der Waals surface area contributed by atoms with E-state index in [0.29, 0.717) is 16.9 Å². The van der Waals surface area contributed by atoms with Gasteiger partial charge < -0.3 is 9.84 Å². The molecule has 1 aliphatic rings. The molecule has 0 heterocycles. The molecule has 1 aliphatic carbocycles. The number of ether oxygens (including phenoxy) is 1. The maximum Gasteiger partial charge on any atom is 0.143 e. The molecule has 0 saturated heterocycles. The Hall–Kier alpha value is -1.65. The van der Waals surface area contributed by atoms with Gasteiger partial charge in [0.2, 0.25) is 0 Å². The van der Waals surface area contributed by atoms with E-state index in [4.69, 9.17) is 16.3 Å². The lowest BCUT2D eigenvalue weighted by atomic mass is 9.93. The minimum atomic E-state index is -0.664. The third-order valence-electron chi connectivity index (χ3n) is 3.92. The molecule has 3 rings (SSSR count). The van der Waals surface area contributed by atoms with Crippen LogP contribution in [0.5, 0.6) is 5.75 Å². The van der Waals surface area contributed by atoms with Gasteiger partial charge in [0.05, 0.1) is 18.7 Å². The van der Waals surface area contributed by atoms with Crippen molar-refractivity contribution in [3.05, 3.63) is 52.0 Å². The highest BCUT2D eigenvalue weighted by atomic mass is 35.5. The second-order valence-corrected chi connectivity index (χ2v) is 5.78. The maximum absolute atomic E-state index is 14.2. The number of benzene rings is 2. The summed E-state index contributed by atoms with van der Waals surface area (Å²) in [6, 6.07) is 5.24. The van der Waals surface area contributed by atoms with Crippen LogP contribution in [0.1, 0.15) is 29.9 Å². The predicted molar refractivity (Wildman–Crippen MR) is 81.3 cm³/mol. The van der Waals surface area contributed by atoms with Gasteiger partial charge >= 0.3 is 0 Å². The van der Waals surface area contributed by atoms with Crippen molar-refractivity contribution in [1.82, 2.24) is 0 Å². The van der Waals surface area contributed by atoms with Gasteiger partial charge in [-0.2, -0.15) is 0 Å². The number of aliphatic hydroxyl groups is 1. The first-order valence-electron chi connectivity index (χ1n) is 7.02. The third-order valence-corrected chi connectivity index (χ3v) is 4.28. The van der Waals surface area contributed by atoms with Crippen molar-refractivity contribution < 1.29 is 18.6 Å². The quantitative estimate of drug-likeness (QED) is 0.886. The smallest absolute Gasteiger partial charge is 0.143 e. The average Bonchev–Trinajstić information content (AvgIpc) is 3.32. The summed E-state index contributed by atoms with van der Waals surface area (Å²) in [4.78, 5) is 0. The number of methoxy groups -OCH3 is 1. The van der Waals surface area contributed by atoms with Crippen molar-refractivity contribution in [2.24, 2.45) is 0 Å². The van der Waals surface area contributed by atoms with Crippen molar-refractivity contribution in [2.45, 2.75) is 25.4 Å². The molecule has 2 nitrogen and oxygen atoms in total. The summed E-state index contributed by atoms with van der Waals surface area (Å²) in [5.41, 5.74) is 2.22. The Bertz CT molecular complexity index is 727. The molecule has 0 aromatic heterocycles. The van der Waals surface area contributed by atoms with Crippen molar-refractivity contribution in [3.8, 4) is 16.9 Å². The van der Waals surface area contributed by atoms with Crippen molar-refractivity contribution in [2.75, 3.05) is 7.11 Å². The van der Waals surface area contributed by atoms with Crippen LogP contribution < -0.4 is 4.74 Å². The van der Waals surface area contributed by atoms with Crippen LogP contribution in [0, 0.1) is 11.6 Å². The molecule has 1 N–H and O–H groups in total. The molecule has 0 amide bonds. The standard InChI is InChI=1S/C17H15ClF2O2/c1-22-17-10(8-21)6-13(9-2-3-9)15(16(17)18)12-5-4-11(19)7-14(12)20/h4-7,9,21H,2-3,8H2,1H3. The van der Waals surface area contributed by atoms with Gasteiger partial charge in [-0.1, -0.05) is 11.6 Å². The van der Waals surface area contributed by atoms with Gasteiger partial charge in [0.25, 0.3) is 0 Å². The van der Waals surface area contributed by atoms with E-state index in [1.54, 1.807) is 6.07 Å². The summed E-state index contributed by atoms with van der Waals surface area (Å²) in [5, 5.41) is 9.74. The van der Waals surface area contributed by atoms with Crippen LogP contribution in [0.15, 0.2) is 24.3 Å². The highest BCUT2D eigenvalue weighted by Gasteiger charge is 2.31. The largest absolute Gasteiger partial charge is 0.495 e. The fourth-order valence-corrected chi connectivity index (χ4v) is 3.14. The van der Waals surface area contributed by atoms with Crippen molar-refractivity contribution in [3.63, 3.8) is 0 Å². The molecule has 5 heteroatoms. The van der Waals surface area contributed by atoms with Crippen molar-refractivity contribution in [1.29, 1.82) is 0 Å². The van der Waals surface area contributed by atoms with Gasteiger partial charge in [0.15, 0.2) is 0 Å². The average molecular weight is 325 g/mol. The predicted octanol–water partition coefficient (Wildman–Crippen LogP) is 4.66. The lowest BCUT2D eigenvalue weighted by Gasteiger charge is -2.18. The van der Waals surface area contributed by atoms with Crippen LogP contribution >= 0.6 is 11.6 Å². The summed E-state index contributed by atoms with van der Waals surface area (Å²) in [6.45, 7) is -0.213. The fraction of sp³-hybridized carbons (Fsp3) is 0.294. The SMILES string of the molecule is COc1c(CO)cc(C2CC2)c(-c2ccc(F)cc2F)c1Cl. The molecule has 1 fully saturated rings. The monoisotopic (exact) mass is 324 g/mol. The summed E-state index contributed by atoms with van der Waals surface area (Å²) < 4.78 is 32.6. The van der Waals surface area contributed by atoms with E-state index >= 15 is 0 Å². The zero-order valence-corrected chi connectivity index (χ0v) is 12.8. The van der Waals surface area contributed by atoms with Gasteiger partial charge in [-0.3, -0.25) is 0 Å². The second-order valence-electron chi connectivity index (χ2n) is 5.40. The Balaban J connectivity index is 2.29. The Morgan fingerprint density at radius 2 is 2.00 bits per heavy atom. The Kier molecular flexibility index (Phi) is 4.06. The zero-order chi connectivity index (χ0) is 15.9. The Morgan fingerprint density at radius 1 is 1.27 bits per heavy atom. The number of halogens is 3. The van der Waals surface area contributed by atoms with Gasteiger partial charge in [-0.05, 0) is 42.5 Å². The lowest BCUT2D eigenvalue weighted by molar-refractivity contribution is 0.273. The van der Waals surface area contributed by atoms with E-state index in [0.717, 1.165) is 24.5 Å². The minimum absolute atomic E-state index is 0.213. The molecule has 2 aromatic rings. The molecule has 116 valence electrons. The number of hydrogen-bond donors (Lipinski definition) is 1. The lowest BCUT2D eigenvalue weighted by Crippen LogP contribution is -2.00. The van der Waals surface area contributed by atoms with Gasteiger partial charge in [-0.25, -0.2) is 8.78 Å². The zero-order valence-electron chi connectivity index (χ0n) is 12.0. The Labute approximate surface area is 132 Å². The number of hydrogen-bond acceptors (Lipinski definition) is 2. The van der Waals surface area contributed by atoms with Gasteiger partial charge in [-0.15, -0.1) is 0 Å². The first kappa shape index (κ1) is 15.3. The first-order valence-corrected chi connectivity index (χ1v) is 7.40. The third kappa shape index (κ3) is 2.57. The molecule has 0 aliphatic heterocycles. The van der Waals surface area contributed by atoms with Crippen LogP contribution in [0.2, 0.25) is 5.02 Å². The Morgan fingerprint density at radius 3 is 2.55 bits per heavy atom. The van der Waals surface area contributed by atoms with E-state index < -0.39 is 11.6 Å². The van der Waals surface area contributed by atoms with Gasteiger partial charge in [0, 0.05) is 22.8 Å². The summed E-state index contributed by atoms with van der Waals surface area (Å²) in [6.07, 6.45) is 1.98. The summed E-state index contributed by atoms with van der Waals surface area (Å²) in [5.74, 6) is -0.688. The summed E-state index contributed by atoms with van der Waals surface area (Å²) in [7, 11) is 1.45. The van der Waals surface area contributed by atoms with E-state index in [2.05, 4.69) is 0 Å². The number of aliphatic hydroxyl groups excluding tert-OH is 1. The van der Waals surface area contributed by atoms with Crippen LogP contribution in [0.25, 0.3) is 11.1 Å². The highest BCUT2D eigenvalue weighted by Crippen LogP contribution is 2.50. The molecule has 0 atom stereocenters. The molecule has 1 saturated carbocycles. The molecule has 0 unspecified atom stereocenters. The van der Waals surface area contributed by atoms with Gasteiger partial charge in [0.1, 0.15) is 17.4 Å². The minimum Gasteiger partial charge on any atom is -0.495 e. The van der Waals surface area contributed by atoms with E-state index in [9.17, 15) is 13.9 Å². The topological polar surface area (TPSA) is 29.5 Å². The summed E-state index contributed by atoms with van der Waals surface area (Å²) >= 11 is 6.42. The molecule has 0 bridgehead atoms. The van der Waals surface area contributed by atoms with Crippen LogP contribution in [-0.2, 0) is 6.61 Å². The molecule has 0 spiro atoms. The maximum atomic E-state index is 14.2. The van der Waals surface area contributed by atoms with E-state index in [1.165, 1.54) is 19.2 Å². The first-order chi connectivity index (χ1) is 10.6. The highest BCUT2D eigenvalue weighted by molar-refractivity contribution is 6.35. The fourth-order valence-electron chi connectivity index (χ4n) is 2.73. The molecule has 2 aromatic carbocycles. The van der Waals surface area contributed by atoms with Crippen LogP contribution in [-0.4, -0.2) is 12.2 Å². The molecule has 0 radical (unpaired) electrons. The van der Waals surface area contributed by atoms with Crippen LogP contribution in [0.4, 0.5) is 8.78 Å².